The van der Waals surface area contributed by atoms with Gasteiger partial charge in [-0.15, -0.1) is 0 Å². The molecule has 25 heavy (non-hydrogen) atoms. The predicted octanol–water partition coefficient (Wildman–Crippen LogP) is 1.80. The van der Waals surface area contributed by atoms with Crippen LogP contribution in [0.1, 0.15) is 21.5 Å². The molecule has 0 aliphatic carbocycles. The molecule has 0 saturated heterocycles. The molecule has 4 rings (SSSR count). The van der Waals surface area contributed by atoms with Gasteiger partial charge in [0.15, 0.2) is 0 Å². The quantitative estimate of drug-likeness (QED) is 0.664. The van der Waals surface area contributed by atoms with Gasteiger partial charge in [-0.2, -0.15) is 5.10 Å². The number of nitrogens with one attached hydrogen (secondary N) is 1. The molecular formula is C18H14N4O3. The summed E-state index contributed by atoms with van der Waals surface area (Å²) in [6.07, 6.45) is 1.51. The molecule has 124 valence electrons. The van der Waals surface area contributed by atoms with Crippen LogP contribution in [0.4, 0.5) is 4.79 Å². The lowest BCUT2D eigenvalue weighted by molar-refractivity contribution is 0.0957. The number of carbonyl (C=O) groups excluding carboxylic acids is 2. The molecule has 0 fully saturated rings. The number of aromatic nitrogens is 1. The van der Waals surface area contributed by atoms with Crippen molar-refractivity contribution in [3.63, 3.8) is 0 Å². The highest BCUT2D eigenvalue weighted by Crippen LogP contribution is 2.35. The van der Waals surface area contributed by atoms with E-state index in [1.165, 1.54) is 10.8 Å². The second-order valence-corrected chi connectivity index (χ2v) is 5.69. The molecule has 4 N–H and O–H groups in total. The van der Waals surface area contributed by atoms with Crippen LogP contribution in [0, 0.1) is 0 Å². The lowest BCUT2D eigenvalue weighted by Crippen LogP contribution is -2.21. The molecule has 7 nitrogen and oxygen atoms in total. The van der Waals surface area contributed by atoms with Crippen molar-refractivity contribution in [2.45, 2.75) is 6.61 Å². The van der Waals surface area contributed by atoms with Crippen molar-refractivity contribution in [1.29, 1.82) is 0 Å². The van der Waals surface area contributed by atoms with Gasteiger partial charge in [0.25, 0.3) is 5.91 Å². The van der Waals surface area contributed by atoms with Crippen LogP contribution in [-0.2, 0) is 6.61 Å². The average molecular weight is 334 g/mol. The molecule has 3 aromatic rings. The maximum absolute atomic E-state index is 12.2. The van der Waals surface area contributed by atoms with Gasteiger partial charge in [-0.3, -0.25) is 9.36 Å². The zero-order chi connectivity index (χ0) is 17.6. The zero-order valence-electron chi connectivity index (χ0n) is 13.1. The largest absolute Gasteiger partial charge is 0.392 e. The lowest BCUT2D eigenvalue weighted by Gasteiger charge is -2.09. The van der Waals surface area contributed by atoms with Crippen LogP contribution in [0.3, 0.4) is 0 Å². The summed E-state index contributed by atoms with van der Waals surface area (Å²) in [5, 5.41) is 14.0. The van der Waals surface area contributed by atoms with Crippen molar-refractivity contribution in [1.82, 2.24) is 9.99 Å². The molecule has 1 aromatic heterocycles. The van der Waals surface area contributed by atoms with E-state index in [1.807, 2.05) is 6.07 Å². The Bertz CT molecular complexity index is 1070. The first-order valence-electron chi connectivity index (χ1n) is 7.62. The minimum atomic E-state index is -0.660. The lowest BCUT2D eigenvalue weighted by atomic mass is 10.0. The molecular weight excluding hydrogens is 320 g/mol. The molecule has 1 aliphatic heterocycles. The third kappa shape index (κ3) is 2.21. The van der Waals surface area contributed by atoms with Crippen LogP contribution in [0.25, 0.3) is 22.2 Å². The monoisotopic (exact) mass is 334 g/mol. The topological polar surface area (TPSA) is 110 Å². The van der Waals surface area contributed by atoms with Crippen LogP contribution in [-0.4, -0.2) is 27.8 Å². The van der Waals surface area contributed by atoms with Crippen LogP contribution in [0.5, 0.6) is 0 Å². The van der Waals surface area contributed by atoms with Gasteiger partial charge >= 0.3 is 6.03 Å². The number of rotatable bonds is 2. The van der Waals surface area contributed by atoms with Gasteiger partial charge < -0.3 is 10.8 Å². The number of hydrogen-bond acceptors (Lipinski definition) is 4. The van der Waals surface area contributed by atoms with E-state index in [-0.39, 0.29) is 12.5 Å². The van der Waals surface area contributed by atoms with E-state index in [0.29, 0.717) is 38.9 Å². The van der Waals surface area contributed by atoms with Gasteiger partial charge in [0.2, 0.25) is 0 Å². The summed E-state index contributed by atoms with van der Waals surface area (Å²) in [4.78, 5) is 24.4. The summed E-state index contributed by atoms with van der Waals surface area (Å²) >= 11 is 0. The van der Waals surface area contributed by atoms with Crippen molar-refractivity contribution in [3.8, 4) is 11.3 Å². The summed E-state index contributed by atoms with van der Waals surface area (Å²) in [7, 11) is 0. The van der Waals surface area contributed by atoms with Crippen LogP contribution in [0.15, 0.2) is 47.6 Å². The van der Waals surface area contributed by atoms with Gasteiger partial charge in [-0.1, -0.05) is 24.3 Å². The molecule has 0 bridgehead atoms. The number of nitrogens with zero attached hydrogens (tertiary/aromatic N) is 2. The molecule has 2 heterocycles. The van der Waals surface area contributed by atoms with Gasteiger partial charge in [0.05, 0.1) is 29.6 Å². The van der Waals surface area contributed by atoms with Crippen LogP contribution < -0.4 is 11.2 Å². The number of aliphatic hydroxyl groups is 1. The Kier molecular flexibility index (Phi) is 3.36. The average Bonchev–Trinajstić information content (AvgIpc) is 2.86. The van der Waals surface area contributed by atoms with E-state index in [1.54, 1.807) is 36.4 Å². The van der Waals surface area contributed by atoms with Crippen molar-refractivity contribution in [2.75, 3.05) is 0 Å². The third-order valence-electron chi connectivity index (χ3n) is 4.24. The maximum atomic E-state index is 12.2. The molecule has 0 unspecified atom stereocenters. The molecule has 7 heteroatoms. The minimum Gasteiger partial charge on any atom is -0.392 e. The molecule has 0 spiro atoms. The Balaban J connectivity index is 2.17. The van der Waals surface area contributed by atoms with E-state index in [9.17, 15) is 14.7 Å². The van der Waals surface area contributed by atoms with Crippen molar-refractivity contribution in [3.05, 3.63) is 59.2 Å². The number of hydrazone groups is 1. The number of primary amides is 1. The highest BCUT2D eigenvalue weighted by Gasteiger charge is 2.26. The maximum Gasteiger partial charge on any atom is 0.323 e. The molecule has 1 aliphatic rings. The van der Waals surface area contributed by atoms with Crippen molar-refractivity contribution in [2.24, 2.45) is 10.8 Å². The fourth-order valence-corrected chi connectivity index (χ4v) is 3.23. The van der Waals surface area contributed by atoms with Gasteiger partial charge in [0, 0.05) is 10.9 Å². The highest BCUT2D eigenvalue weighted by atomic mass is 16.3. The first-order valence-corrected chi connectivity index (χ1v) is 7.62. The number of hydrogen-bond donors (Lipinski definition) is 3. The fraction of sp³-hybridized carbons (Fsp3) is 0.0556. The summed E-state index contributed by atoms with van der Waals surface area (Å²) in [6.45, 7) is -0.126. The molecule has 2 amide bonds. The van der Waals surface area contributed by atoms with Crippen LogP contribution in [0.2, 0.25) is 0 Å². The van der Waals surface area contributed by atoms with E-state index in [0.717, 1.165) is 0 Å². The summed E-state index contributed by atoms with van der Waals surface area (Å²) in [6, 6.07) is 11.6. The first kappa shape index (κ1) is 15.1. The minimum absolute atomic E-state index is 0.126. The number of nitrogens with two attached hydrogens (primary N) is 1. The van der Waals surface area contributed by atoms with E-state index < -0.39 is 6.03 Å². The summed E-state index contributed by atoms with van der Waals surface area (Å²) < 4.78 is 1.37. The SMILES string of the molecule is NC(=O)n1c(-c2cccc(CO)c2)c2c3c(cccc31)C(=O)NN=C2. The van der Waals surface area contributed by atoms with Gasteiger partial charge in [0.1, 0.15) is 0 Å². The summed E-state index contributed by atoms with van der Waals surface area (Å²) in [5.74, 6) is -0.349. The van der Waals surface area contributed by atoms with Gasteiger partial charge in [-0.05, 0) is 29.3 Å². The normalized spacial score (nSPS) is 12.9. The molecule has 0 saturated carbocycles. The number of amides is 2. The number of aliphatic hydroxyl groups excluding tert-OH is 1. The molecule has 2 aromatic carbocycles. The van der Waals surface area contributed by atoms with E-state index in [4.69, 9.17) is 5.73 Å². The van der Waals surface area contributed by atoms with Gasteiger partial charge in [-0.25, -0.2) is 10.2 Å². The Morgan fingerprint density at radius 1 is 1.24 bits per heavy atom. The Hall–Kier alpha value is -3.45. The number of benzene rings is 2. The fourth-order valence-electron chi connectivity index (χ4n) is 3.23. The highest BCUT2D eigenvalue weighted by molar-refractivity contribution is 6.19. The second-order valence-electron chi connectivity index (χ2n) is 5.69. The van der Waals surface area contributed by atoms with Crippen molar-refractivity contribution < 1.29 is 14.7 Å². The van der Waals surface area contributed by atoms with E-state index in [2.05, 4.69) is 10.5 Å². The van der Waals surface area contributed by atoms with Crippen LogP contribution >= 0.6 is 0 Å². The standard InChI is InChI=1S/C18H14N4O3/c19-18(25)22-14-6-2-5-12-15(14)13(8-20-21-17(12)24)16(22)11-4-1-3-10(7-11)9-23/h1-8,23H,9H2,(H2,19,25)(H,21,24). The zero-order valence-corrected chi connectivity index (χ0v) is 13.1. The molecule has 0 atom stereocenters. The predicted molar refractivity (Wildman–Crippen MR) is 93.3 cm³/mol. The smallest absolute Gasteiger partial charge is 0.323 e. The van der Waals surface area contributed by atoms with Crippen molar-refractivity contribution >= 4 is 29.1 Å². The summed E-state index contributed by atoms with van der Waals surface area (Å²) in [5.41, 5.74) is 11.6. The van der Waals surface area contributed by atoms with E-state index >= 15 is 0 Å². The Morgan fingerprint density at radius 2 is 2.04 bits per heavy atom. The first-order chi connectivity index (χ1) is 12.1. The Morgan fingerprint density at radius 3 is 2.80 bits per heavy atom. The third-order valence-corrected chi connectivity index (χ3v) is 4.24. The molecule has 0 radical (unpaired) electrons. The number of carbonyl (C=O) groups is 2. The second kappa shape index (κ2) is 5.57. The Labute approximate surface area is 142 Å².